The second-order valence-corrected chi connectivity index (χ2v) is 7.81. The van der Waals surface area contributed by atoms with Crippen molar-refractivity contribution >= 4 is 17.5 Å². The Morgan fingerprint density at radius 3 is 2.76 bits per heavy atom. The molecule has 3 rings (SSSR count). The Bertz CT molecular complexity index is 707. The van der Waals surface area contributed by atoms with Gasteiger partial charge in [0.15, 0.2) is 5.82 Å². The summed E-state index contributed by atoms with van der Waals surface area (Å²) in [5.41, 5.74) is 2.40. The first-order valence-electron chi connectivity index (χ1n) is 9.32. The Balaban J connectivity index is 1.86. The standard InChI is InChI=1S/C20H29N5/c1-5-15-10-8-9-13-25(15)19-23-18(14-21-24-19)22-17-12-7-6-11-16(17)20(2,3)4/h6-7,11-12,14-15H,5,8-10,13H2,1-4H3,(H,22,23,24). The van der Waals surface area contributed by atoms with Crippen molar-refractivity contribution in [2.45, 2.75) is 64.8 Å². The third kappa shape index (κ3) is 4.09. The number of nitrogens with one attached hydrogen (secondary N) is 1. The van der Waals surface area contributed by atoms with Crippen molar-refractivity contribution in [2.75, 3.05) is 16.8 Å². The average molecular weight is 339 g/mol. The molecule has 2 aromatic rings. The van der Waals surface area contributed by atoms with Crippen molar-refractivity contribution < 1.29 is 0 Å². The molecule has 134 valence electrons. The summed E-state index contributed by atoms with van der Waals surface area (Å²) in [5, 5.41) is 11.9. The molecule has 0 radical (unpaired) electrons. The average Bonchev–Trinajstić information content (AvgIpc) is 2.61. The molecule has 1 aromatic carbocycles. The molecule has 5 nitrogen and oxygen atoms in total. The van der Waals surface area contributed by atoms with E-state index in [0.717, 1.165) is 30.4 Å². The first kappa shape index (κ1) is 17.6. The van der Waals surface area contributed by atoms with Crippen molar-refractivity contribution in [2.24, 2.45) is 0 Å². The van der Waals surface area contributed by atoms with Gasteiger partial charge in [-0.3, -0.25) is 0 Å². The molecule has 1 unspecified atom stereocenters. The third-order valence-corrected chi connectivity index (χ3v) is 4.90. The molecule has 0 bridgehead atoms. The molecular weight excluding hydrogens is 310 g/mol. The Kier molecular flexibility index (Phi) is 5.21. The van der Waals surface area contributed by atoms with E-state index in [4.69, 9.17) is 4.98 Å². The summed E-state index contributed by atoms with van der Waals surface area (Å²) >= 11 is 0. The molecule has 2 heterocycles. The molecule has 0 aliphatic carbocycles. The maximum Gasteiger partial charge on any atom is 0.247 e. The first-order chi connectivity index (χ1) is 12.0. The maximum absolute atomic E-state index is 4.75. The van der Waals surface area contributed by atoms with Crippen LogP contribution in [-0.4, -0.2) is 27.8 Å². The van der Waals surface area contributed by atoms with Crippen LogP contribution in [0.1, 0.15) is 58.9 Å². The van der Waals surface area contributed by atoms with E-state index < -0.39 is 0 Å². The van der Waals surface area contributed by atoms with Crippen LogP contribution < -0.4 is 10.2 Å². The quantitative estimate of drug-likeness (QED) is 0.876. The lowest BCUT2D eigenvalue weighted by Gasteiger charge is -2.35. The number of para-hydroxylation sites is 1. The highest BCUT2D eigenvalue weighted by atomic mass is 15.3. The zero-order valence-electron chi connectivity index (χ0n) is 15.8. The van der Waals surface area contributed by atoms with E-state index in [1.54, 1.807) is 6.20 Å². The summed E-state index contributed by atoms with van der Waals surface area (Å²) in [6, 6.07) is 8.90. The number of aromatic nitrogens is 3. The van der Waals surface area contributed by atoms with Crippen LogP contribution in [0.2, 0.25) is 0 Å². The number of nitrogens with zero attached hydrogens (tertiary/aromatic N) is 4. The van der Waals surface area contributed by atoms with Crippen LogP contribution in [0.25, 0.3) is 0 Å². The number of hydrogen-bond acceptors (Lipinski definition) is 5. The van der Waals surface area contributed by atoms with Gasteiger partial charge in [0.2, 0.25) is 5.95 Å². The Morgan fingerprint density at radius 2 is 2.00 bits per heavy atom. The lowest BCUT2D eigenvalue weighted by Crippen LogP contribution is -2.40. The van der Waals surface area contributed by atoms with Gasteiger partial charge >= 0.3 is 0 Å². The fraction of sp³-hybridized carbons (Fsp3) is 0.550. The monoisotopic (exact) mass is 339 g/mol. The number of rotatable bonds is 4. The van der Waals surface area contributed by atoms with Gasteiger partial charge in [0, 0.05) is 18.3 Å². The van der Waals surface area contributed by atoms with Crippen LogP contribution in [0.4, 0.5) is 17.5 Å². The molecule has 5 heteroatoms. The number of hydrogen-bond donors (Lipinski definition) is 1. The fourth-order valence-corrected chi connectivity index (χ4v) is 3.55. The number of piperidine rings is 1. The molecule has 1 aromatic heterocycles. The van der Waals surface area contributed by atoms with Crippen LogP contribution in [0.15, 0.2) is 30.5 Å². The van der Waals surface area contributed by atoms with E-state index in [-0.39, 0.29) is 5.41 Å². The smallest absolute Gasteiger partial charge is 0.247 e. The molecule has 1 fully saturated rings. The van der Waals surface area contributed by atoms with Crippen molar-refractivity contribution in [3.05, 3.63) is 36.0 Å². The summed E-state index contributed by atoms with van der Waals surface area (Å²) in [6.07, 6.45) is 6.52. The van der Waals surface area contributed by atoms with E-state index >= 15 is 0 Å². The van der Waals surface area contributed by atoms with Crippen molar-refractivity contribution in [3.63, 3.8) is 0 Å². The molecular formula is C20H29N5. The molecule has 0 saturated carbocycles. The molecule has 1 aliphatic rings. The van der Waals surface area contributed by atoms with Crippen LogP contribution >= 0.6 is 0 Å². The zero-order chi connectivity index (χ0) is 17.9. The van der Waals surface area contributed by atoms with Gasteiger partial charge < -0.3 is 10.2 Å². The van der Waals surface area contributed by atoms with Gasteiger partial charge in [0.05, 0.1) is 6.20 Å². The summed E-state index contributed by atoms with van der Waals surface area (Å²) in [7, 11) is 0. The summed E-state index contributed by atoms with van der Waals surface area (Å²) in [5.74, 6) is 1.49. The molecule has 1 saturated heterocycles. The summed E-state index contributed by atoms with van der Waals surface area (Å²) < 4.78 is 0. The summed E-state index contributed by atoms with van der Waals surface area (Å²) in [6.45, 7) is 9.91. The van der Waals surface area contributed by atoms with E-state index in [9.17, 15) is 0 Å². The Morgan fingerprint density at radius 1 is 1.20 bits per heavy atom. The molecule has 0 spiro atoms. The van der Waals surface area contributed by atoms with Crippen LogP contribution in [0.5, 0.6) is 0 Å². The summed E-state index contributed by atoms with van der Waals surface area (Å²) in [4.78, 5) is 7.07. The molecule has 25 heavy (non-hydrogen) atoms. The van der Waals surface area contributed by atoms with Crippen molar-refractivity contribution in [1.29, 1.82) is 0 Å². The second kappa shape index (κ2) is 7.38. The lowest BCUT2D eigenvalue weighted by atomic mass is 9.86. The minimum atomic E-state index is 0.0626. The second-order valence-electron chi connectivity index (χ2n) is 7.81. The van der Waals surface area contributed by atoms with Gasteiger partial charge in [-0.25, -0.2) is 0 Å². The Labute approximate surface area is 150 Å². The minimum absolute atomic E-state index is 0.0626. The highest BCUT2D eigenvalue weighted by molar-refractivity contribution is 5.62. The van der Waals surface area contributed by atoms with Gasteiger partial charge in [-0.15, -0.1) is 5.10 Å². The molecule has 1 atom stereocenters. The largest absolute Gasteiger partial charge is 0.339 e. The fourth-order valence-electron chi connectivity index (χ4n) is 3.55. The molecule has 1 aliphatic heterocycles. The van der Waals surface area contributed by atoms with Crippen LogP contribution in [0.3, 0.4) is 0 Å². The highest BCUT2D eigenvalue weighted by Crippen LogP contribution is 2.31. The third-order valence-electron chi connectivity index (χ3n) is 4.90. The van der Waals surface area contributed by atoms with E-state index in [2.05, 4.69) is 66.3 Å². The van der Waals surface area contributed by atoms with E-state index in [0.29, 0.717) is 6.04 Å². The van der Waals surface area contributed by atoms with Crippen molar-refractivity contribution in [3.8, 4) is 0 Å². The number of benzene rings is 1. The molecule has 1 N–H and O–H groups in total. The topological polar surface area (TPSA) is 53.9 Å². The SMILES string of the molecule is CCC1CCCCN1c1nncc(Nc2ccccc2C(C)(C)C)n1. The van der Waals surface area contributed by atoms with Gasteiger partial charge in [-0.1, -0.05) is 45.9 Å². The van der Waals surface area contributed by atoms with Crippen LogP contribution in [-0.2, 0) is 5.41 Å². The van der Waals surface area contributed by atoms with Crippen LogP contribution in [0, 0.1) is 0 Å². The van der Waals surface area contributed by atoms with E-state index in [1.807, 2.05) is 6.07 Å². The molecule has 0 amide bonds. The predicted octanol–water partition coefficient (Wildman–Crippen LogP) is 4.68. The van der Waals surface area contributed by atoms with Gasteiger partial charge in [0.25, 0.3) is 0 Å². The van der Waals surface area contributed by atoms with Gasteiger partial charge in [-0.2, -0.15) is 10.1 Å². The lowest BCUT2D eigenvalue weighted by molar-refractivity contribution is 0.442. The van der Waals surface area contributed by atoms with Gasteiger partial charge in [-0.05, 0) is 42.7 Å². The zero-order valence-corrected chi connectivity index (χ0v) is 15.8. The highest BCUT2D eigenvalue weighted by Gasteiger charge is 2.24. The first-order valence-corrected chi connectivity index (χ1v) is 9.32. The normalized spacial score (nSPS) is 18.2. The number of anilines is 3. The predicted molar refractivity (Wildman–Crippen MR) is 104 cm³/mol. The maximum atomic E-state index is 4.75. The van der Waals surface area contributed by atoms with Crippen molar-refractivity contribution in [1.82, 2.24) is 15.2 Å². The Hall–Kier alpha value is -2.17. The van der Waals surface area contributed by atoms with E-state index in [1.165, 1.54) is 24.8 Å². The van der Waals surface area contributed by atoms with Gasteiger partial charge in [0.1, 0.15) is 0 Å². The minimum Gasteiger partial charge on any atom is -0.339 e.